The molecule has 0 radical (unpaired) electrons. The van der Waals surface area contributed by atoms with Gasteiger partial charge >= 0.3 is 0 Å². The lowest BCUT2D eigenvalue weighted by atomic mass is 10.00. The van der Waals surface area contributed by atoms with Gasteiger partial charge in [0.05, 0.1) is 5.02 Å². The molecule has 0 amide bonds. The molecule has 0 spiro atoms. The minimum Gasteiger partial charge on any atom is -0.324 e. The van der Waals surface area contributed by atoms with E-state index in [-0.39, 0.29) is 11.1 Å². The molecule has 2 aromatic carbocycles. The van der Waals surface area contributed by atoms with E-state index in [0.29, 0.717) is 6.42 Å². The molecule has 1 nitrogen and oxygen atoms in total. The summed E-state index contributed by atoms with van der Waals surface area (Å²) < 4.78 is 15.3. The fourth-order valence-electron chi connectivity index (χ4n) is 1.83. The largest absolute Gasteiger partial charge is 0.324 e. The normalized spacial score (nSPS) is 12.5. The van der Waals surface area contributed by atoms with E-state index in [0.717, 1.165) is 20.1 Å². The maximum atomic E-state index is 13.4. The van der Waals surface area contributed by atoms with Crippen LogP contribution < -0.4 is 5.73 Å². The molecule has 1 atom stereocenters. The Morgan fingerprint density at radius 2 is 1.89 bits per heavy atom. The second-order valence-corrected chi connectivity index (χ2v) is 6.40. The third-order valence-electron chi connectivity index (χ3n) is 2.80. The van der Waals surface area contributed by atoms with Crippen LogP contribution in [-0.4, -0.2) is 0 Å². The number of nitrogens with two attached hydrogens (primary N) is 1. The smallest absolute Gasteiger partial charge is 0.142 e. The number of hydrogen-bond acceptors (Lipinski definition) is 1. The van der Waals surface area contributed by atoms with Crippen LogP contribution in [0.5, 0.6) is 0 Å². The van der Waals surface area contributed by atoms with E-state index in [4.69, 9.17) is 17.3 Å². The Morgan fingerprint density at radius 1 is 1.16 bits per heavy atom. The van der Waals surface area contributed by atoms with Crippen LogP contribution in [0, 0.1) is 5.82 Å². The molecule has 0 bridgehead atoms. The summed E-state index contributed by atoms with van der Waals surface area (Å²) in [6.45, 7) is 0. The molecule has 2 N–H and O–H groups in total. The van der Waals surface area contributed by atoms with Crippen LogP contribution in [0.15, 0.2) is 45.3 Å². The van der Waals surface area contributed by atoms with Crippen LogP contribution in [0.2, 0.25) is 5.02 Å². The Morgan fingerprint density at radius 3 is 2.53 bits per heavy atom. The van der Waals surface area contributed by atoms with E-state index in [1.165, 1.54) is 6.07 Å². The van der Waals surface area contributed by atoms with Crippen LogP contribution in [0.3, 0.4) is 0 Å². The quantitative estimate of drug-likeness (QED) is 0.739. The molecule has 19 heavy (non-hydrogen) atoms. The lowest BCUT2D eigenvalue weighted by Gasteiger charge is -2.14. The van der Waals surface area contributed by atoms with E-state index >= 15 is 0 Å². The number of rotatable bonds is 3. The molecule has 2 aromatic rings. The molecular weight excluding hydrogens is 396 g/mol. The molecule has 0 saturated carbocycles. The van der Waals surface area contributed by atoms with Gasteiger partial charge in [0.1, 0.15) is 5.82 Å². The molecule has 0 aliphatic heterocycles. The Bertz CT molecular complexity index is 604. The van der Waals surface area contributed by atoms with Crippen molar-refractivity contribution in [2.75, 3.05) is 0 Å². The van der Waals surface area contributed by atoms with Crippen molar-refractivity contribution in [3.8, 4) is 0 Å². The van der Waals surface area contributed by atoms with Crippen molar-refractivity contribution in [1.82, 2.24) is 0 Å². The molecule has 0 fully saturated rings. The fourth-order valence-corrected chi connectivity index (χ4v) is 3.29. The fraction of sp³-hybridized carbons (Fsp3) is 0.143. The zero-order valence-corrected chi connectivity index (χ0v) is 13.8. The molecule has 0 aromatic heterocycles. The first-order chi connectivity index (χ1) is 8.97. The first kappa shape index (κ1) is 15.0. The van der Waals surface area contributed by atoms with Crippen molar-refractivity contribution in [2.24, 2.45) is 5.73 Å². The predicted octanol–water partition coefficient (Wildman–Crippen LogP) is 5.25. The summed E-state index contributed by atoms with van der Waals surface area (Å²) in [6.07, 6.45) is 0.550. The zero-order chi connectivity index (χ0) is 14.0. The van der Waals surface area contributed by atoms with Crippen LogP contribution in [0.25, 0.3) is 0 Å². The third kappa shape index (κ3) is 3.78. The second-order valence-electron chi connectivity index (χ2n) is 4.22. The molecule has 0 aliphatic rings. The van der Waals surface area contributed by atoms with Gasteiger partial charge in [-0.25, -0.2) is 4.39 Å². The summed E-state index contributed by atoms with van der Waals surface area (Å²) in [6, 6.07) is 10.4. The van der Waals surface area contributed by atoms with Gasteiger partial charge in [0, 0.05) is 15.0 Å². The van der Waals surface area contributed by atoms with Crippen molar-refractivity contribution in [3.05, 3.63) is 67.3 Å². The standard InChI is InChI=1S/C14H11Br2ClFN/c15-9-2-3-10(11(16)7-9)14(19)6-8-1-4-12(17)13(18)5-8/h1-5,7,14H,6,19H2. The SMILES string of the molecule is NC(Cc1ccc(Cl)c(F)c1)c1ccc(Br)cc1Br. The van der Waals surface area contributed by atoms with Gasteiger partial charge in [-0.2, -0.15) is 0 Å². The highest BCUT2D eigenvalue weighted by molar-refractivity contribution is 9.11. The van der Waals surface area contributed by atoms with Crippen LogP contribution in [0.4, 0.5) is 4.39 Å². The molecule has 5 heteroatoms. The minimum atomic E-state index is -0.416. The summed E-state index contributed by atoms with van der Waals surface area (Å²) in [5.74, 6) is -0.416. The van der Waals surface area contributed by atoms with Gasteiger partial charge in [0.25, 0.3) is 0 Å². The van der Waals surface area contributed by atoms with E-state index < -0.39 is 5.82 Å². The molecule has 0 saturated heterocycles. The Kier molecular flexibility index (Phi) is 5.01. The summed E-state index contributed by atoms with van der Waals surface area (Å²) in [5, 5.41) is 0.127. The average Bonchev–Trinajstić information content (AvgIpc) is 2.33. The maximum absolute atomic E-state index is 13.4. The molecule has 0 aliphatic carbocycles. The van der Waals surface area contributed by atoms with Crippen LogP contribution in [0.1, 0.15) is 17.2 Å². The average molecular weight is 408 g/mol. The number of halogens is 4. The highest BCUT2D eigenvalue weighted by Crippen LogP contribution is 2.28. The highest BCUT2D eigenvalue weighted by atomic mass is 79.9. The Hall–Kier alpha value is -0.420. The third-order valence-corrected chi connectivity index (χ3v) is 4.29. The number of benzene rings is 2. The van der Waals surface area contributed by atoms with Gasteiger partial charge in [-0.15, -0.1) is 0 Å². The van der Waals surface area contributed by atoms with Crippen molar-refractivity contribution in [2.45, 2.75) is 12.5 Å². The Labute approximate surface area is 133 Å². The topological polar surface area (TPSA) is 26.0 Å². The summed E-state index contributed by atoms with van der Waals surface area (Å²) in [5.41, 5.74) is 7.97. The highest BCUT2D eigenvalue weighted by Gasteiger charge is 2.12. The second kappa shape index (κ2) is 6.35. The lowest BCUT2D eigenvalue weighted by molar-refractivity contribution is 0.622. The van der Waals surface area contributed by atoms with Gasteiger partial charge in [0.15, 0.2) is 0 Å². The number of hydrogen-bond donors (Lipinski definition) is 1. The lowest BCUT2D eigenvalue weighted by Crippen LogP contribution is -2.14. The van der Waals surface area contributed by atoms with Crippen LogP contribution >= 0.6 is 43.5 Å². The van der Waals surface area contributed by atoms with Gasteiger partial charge in [0.2, 0.25) is 0 Å². The maximum Gasteiger partial charge on any atom is 0.142 e. The summed E-state index contributed by atoms with van der Waals surface area (Å²) >= 11 is 12.5. The van der Waals surface area contributed by atoms with Gasteiger partial charge < -0.3 is 5.73 Å². The summed E-state index contributed by atoms with van der Waals surface area (Å²) in [7, 11) is 0. The molecule has 0 heterocycles. The molecule has 100 valence electrons. The van der Waals surface area contributed by atoms with E-state index in [9.17, 15) is 4.39 Å². The van der Waals surface area contributed by atoms with Gasteiger partial charge in [-0.05, 0) is 41.8 Å². The molecule has 2 rings (SSSR count). The monoisotopic (exact) mass is 405 g/mol. The van der Waals surface area contributed by atoms with Crippen LogP contribution in [-0.2, 0) is 6.42 Å². The summed E-state index contributed by atoms with van der Waals surface area (Å²) in [4.78, 5) is 0. The van der Waals surface area contributed by atoms with E-state index in [1.807, 2.05) is 18.2 Å². The van der Waals surface area contributed by atoms with Crippen molar-refractivity contribution >= 4 is 43.5 Å². The van der Waals surface area contributed by atoms with Crippen molar-refractivity contribution in [3.63, 3.8) is 0 Å². The van der Waals surface area contributed by atoms with Crippen molar-refractivity contribution < 1.29 is 4.39 Å². The first-order valence-corrected chi connectivity index (χ1v) is 7.58. The zero-order valence-electron chi connectivity index (χ0n) is 9.84. The molecular formula is C14H11Br2ClFN. The first-order valence-electron chi connectivity index (χ1n) is 5.62. The predicted molar refractivity (Wildman–Crippen MR) is 83.9 cm³/mol. The van der Waals surface area contributed by atoms with Crippen molar-refractivity contribution in [1.29, 1.82) is 0 Å². The molecule has 1 unspecified atom stereocenters. The van der Waals surface area contributed by atoms with Gasteiger partial charge in [-0.1, -0.05) is 55.6 Å². The van der Waals surface area contributed by atoms with Gasteiger partial charge in [-0.3, -0.25) is 0 Å². The van der Waals surface area contributed by atoms with E-state index in [2.05, 4.69) is 31.9 Å². The Balaban J connectivity index is 2.20. The minimum absolute atomic E-state index is 0.127. The van der Waals surface area contributed by atoms with E-state index in [1.54, 1.807) is 12.1 Å².